The molecule has 4 rings (SSSR count). The van der Waals surface area contributed by atoms with Crippen LogP contribution in [0.15, 0.2) is 36.7 Å². The van der Waals surface area contributed by atoms with Gasteiger partial charge in [0.15, 0.2) is 0 Å². The van der Waals surface area contributed by atoms with Crippen LogP contribution in [0.4, 0.5) is 0 Å². The van der Waals surface area contributed by atoms with Crippen LogP contribution in [0, 0.1) is 0 Å². The van der Waals surface area contributed by atoms with E-state index < -0.39 is 0 Å². The Labute approximate surface area is 163 Å². The van der Waals surface area contributed by atoms with E-state index in [0.717, 1.165) is 48.8 Å². The second-order valence-electron chi connectivity index (χ2n) is 6.96. The fourth-order valence-electron chi connectivity index (χ4n) is 3.71. The molecule has 1 aliphatic heterocycles. The van der Waals surface area contributed by atoms with E-state index >= 15 is 0 Å². The molecule has 0 saturated carbocycles. The zero-order chi connectivity index (χ0) is 19.5. The highest BCUT2D eigenvalue weighted by Crippen LogP contribution is 2.27. The van der Waals surface area contributed by atoms with E-state index in [9.17, 15) is 4.79 Å². The number of hydrogen-bond acceptors (Lipinski definition) is 5. The van der Waals surface area contributed by atoms with E-state index in [1.54, 1.807) is 13.4 Å². The molecule has 1 N–H and O–H groups in total. The summed E-state index contributed by atoms with van der Waals surface area (Å²) in [5.41, 5.74) is 2.18. The molecule has 1 saturated heterocycles. The van der Waals surface area contributed by atoms with Crippen LogP contribution < -0.4 is 4.74 Å². The molecule has 146 valence electrons. The molecule has 1 aliphatic rings. The number of ether oxygens (including phenoxy) is 1. The minimum Gasteiger partial charge on any atom is -0.497 e. The van der Waals surface area contributed by atoms with Crippen molar-refractivity contribution in [3.05, 3.63) is 48.2 Å². The van der Waals surface area contributed by atoms with Crippen LogP contribution in [0.2, 0.25) is 0 Å². The molecule has 1 unspecified atom stereocenters. The third kappa shape index (κ3) is 3.49. The number of methoxy groups -OCH3 is 1. The van der Waals surface area contributed by atoms with Crippen LogP contribution in [-0.4, -0.2) is 56.0 Å². The predicted octanol–water partition coefficient (Wildman–Crippen LogP) is 2.72. The summed E-state index contributed by atoms with van der Waals surface area (Å²) in [6, 6.07) is 9.42. The van der Waals surface area contributed by atoms with Crippen LogP contribution >= 0.6 is 0 Å². The second kappa shape index (κ2) is 7.84. The molecule has 1 atom stereocenters. The highest BCUT2D eigenvalue weighted by Gasteiger charge is 2.29. The van der Waals surface area contributed by atoms with E-state index in [2.05, 4.69) is 31.9 Å². The van der Waals surface area contributed by atoms with Gasteiger partial charge in [-0.3, -0.25) is 9.89 Å². The number of nitrogens with zero attached hydrogens (tertiary/aromatic N) is 5. The van der Waals surface area contributed by atoms with Crippen molar-refractivity contribution in [3.8, 4) is 17.0 Å². The molecule has 0 aliphatic carbocycles. The minimum atomic E-state index is -0.0282. The number of nitrogens with one attached hydrogen (secondary N) is 1. The van der Waals surface area contributed by atoms with Crippen molar-refractivity contribution < 1.29 is 9.53 Å². The maximum absolute atomic E-state index is 13.0. The minimum absolute atomic E-state index is 0.0282. The van der Waals surface area contributed by atoms with Gasteiger partial charge in [0.1, 0.15) is 23.6 Å². The number of likely N-dealkylation sites (tertiary alicyclic amines) is 1. The molecular weight excluding hydrogens is 356 g/mol. The van der Waals surface area contributed by atoms with Crippen molar-refractivity contribution in [2.45, 2.75) is 32.2 Å². The van der Waals surface area contributed by atoms with Gasteiger partial charge in [-0.2, -0.15) is 5.10 Å². The fourth-order valence-corrected chi connectivity index (χ4v) is 3.71. The smallest absolute Gasteiger partial charge is 0.271 e. The van der Waals surface area contributed by atoms with Gasteiger partial charge in [0.05, 0.1) is 12.8 Å². The van der Waals surface area contributed by atoms with Crippen molar-refractivity contribution in [3.63, 3.8) is 0 Å². The number of benzene rings is 1. The lowest BCUT2D eigenvalue weighted by Crippen LogP contribution is -2.40. The van der Waals surface area contributed by atoms with Crippen molar-refractivity contribution in [2.24, 2.45) is 0 Å². The number of carbonyl (C=O) groups excluding carboxylic acids is 1. The Bertz CT molecular complexity index is 946. The van der Waals surface area contributed by atoms with Crippen molar-refractivity contribution >= 4 is 5.91 Å². The standard InChI is InChI=1S/C20H24N6O2/c1-3-25-13-21-24-19(25)15-5-4-10-26(12-15)20(27)18-11-17(22-23-18)14-6-8-16(28-2)9-7-14/h6-9,11,13,15H,3-5,10,12H2,1-2H3,(H,22,23). The summed E-state index contributed by atoms with van der Waals surface area (Å²) in [5.74, 6) is 1.93. The van der Waals surface area contributed by atoms with Crippen LogP contribution in [-0.2, 0) is 6.54 Å². The van der Waals surface area contributed by atoms with Gasteiger partial charge >= 0.3 is 0 Å². The maximum Gasteiger partial charge on any atom is 0.271 e. The Morgan fingerprint density at radius 2 is 2.14 bits per heavy atom. The molecule has 28 heavy (non-hydrogen) atoms. The first kappa shape index (κ1) is 18.2. The number of H-pyrrole nitrogens is 1. The number of hydrogen-bond donors (Lipinski definition) is 1. The highest BCUT2D eigenvalue weighted by atomic mass is 16.5. The van der Waals surface area contributed by atoms with Gasteiger partial charge in [-0.05, 0) is 50.1 Å². The number of aromatic amines is 1. The number of amides is 1. The molecule has 3 aromatic rings. The Morgan fingerprint density at radius 1 is 1.32 bits per heavy atom. The predicted molar refractivity (Wildman–Crippen MR) is 104 cm³/mol. The molecule has 1 aromatic carbocycles. The number of carbonyl (C=O) groups is 1. The summed E-state index contributed by atoms with van der Waals surface area (Å²) in [6.07, 6.45) is 3.72. The van der Waals surface area contributed by atoms with Crippen molar-refractivity contribution in [1.82, 2.24) is 29.9 Å². The highest BCUT2D eigenvalue weighted by molar-refractivity contribution is 5.93. The van der Waals surface area contributed by atoms with Gasteiger partial charge in [-0.15, -0.1) is 10.2 Å². The molecule has 0 bridgehead atoms. The number of piperidine rings is 1. The first-order chi connectivity index (χ1) is 13.7. The average molecular weight is 380 g/mol. The summed E-state index contributed by atoms with van der Waals surface area (Å²) in [6.45, 7) is 4.29. The third-order valence-electron chi connectivity index (χ3n) is 5.25. The monoisotopic (exact) mass is 380 g/mol. The largest absolute Gasteiger partial charge is 0.497 e. The Morgan fingerprint density at radius 3 is 2.89 bits per heavy atom. The van der Waals surface area contributed by atoms with E-state index in [0.29, 0.717) is 12.2 Å². The lowest BCUT2D eigenvalue weighted by Gasteiger charge is -2.32. The zero-order valence-corrected chi connectivity index (χ0v) is 16.1. The van der Waals surface area contributed by atoms with Gasteiger partial charge in [-0.25, -0.2) is 0 Å². The van der Waals surface area contributed by atoms with Crippen molar-refractivity contribution in [2.75, 3.05) is 20.2 Å². The molecular formula is C20H24N6O2. The molecule has 1 fully saturated rings. The average Bonchev–Trinajstić information content (AvgIpc) is 3.43. The summed E-state index contributed by atoms with van der Waals surface area (Å²) >= 11 is 0. The summed E-state index contributed by atoms with van der Waals surface area (Å²) < 4.78 is 7.24. The number of aryl methyl sites for hydroxylation is 1. The second-order valence-corrected chi connectivity index (χ2v) is 6.96. The first-order valence-electron chi connectivity index (χ1n) is 9.56. The molecule has 0 spiro atoms. The van der Waals surface area contributed by atoms with E-state index in [1.807, 2.05) is 35.2 Å². The van der Waals surface area contributed by atoms with E-state index in [1.165, 1.54) is 0 Å². The molecule has 1 amide bonds. The van der Waals surface area contributed by atoms with Crippen LogP contribution in [0.25, 0.3) is 11.3 Å². The summed E-state index contributed by atoms with van der Waals surface area (Å²) in [5, 5.41) is 15.5. The van der Waals surface area contributed by atoms with Gasteiger partial charge < -0.3 is 14.2 Å². The van der Waals surface area contributed by atoms with Crippen LogP contribution in [0.5, 0.6) is 5.75 Å². The Hall–Kier alpha value is -3.16. The zero-order valence-electron chi connectivity index (χ0n) is 16.1. The molecule has 0 radical (unpaired) electrons. The molecule has 2 aromatic heterocycles. The normalized spacial score (nSPS) is 16.9. The summed E-state index contributed by atoms with van der Waals surface area (Å²) in [7, 11) is 1.63. The topological polar surface area (TPSA) is 88.9 Å². The summed E-state index contributed by atoms with van der Waals surface area (Å²) in [4.78, 5) is 14.9. The molecule has 8 heteroatoms. The maximum atomic E-state index is 13.0. The lowest BCUT2D eigenvalue weighted by molar-refractivity contribution is 0.0697. The first-order valence-corrected chi connectivity index (χ1v) is 9.56. The van der Waals surface area contributed by atoms with E-state index in [4.69, 9.17) is 4.74 Å². The van der Waals surface area contributed by atoms with Gasteiger partial charge in [0.25, 0.3) is 5.91 Å². The SMILES string of the molecule is CCn1cnnc1C1CCCN(C(=O)c2cc(-c3ccc(OC)cc3)n[nH]2)C1. The fraction of sp³-hybridized carbons (Fsp3) is 0.400. The van der Waals surface area contributed by atoms with Gasteiger partial charge in [-0.1, -0.05) is 0 Å². The van der Waals surface area contributed by atoms with Crippen LogP contribution in [0.3, 0.4) is 0 Å². The Balaban J connectivity index is 1.49. The van der Waals surface area contributed by atoms with Crippen LogP contribution in [0.1, 0.15) is 42.0 Å². The third-order valence-corrected chi connectivity index (χ3v) is 5.25. The quantitative estimate of drug-likeness (QED) is 0.735. The van der Waals surface area contributed by atoms with E-state index in [-0.39, 0.29) is 11.8 Å². The lowest BCUT2D eigenvalue weighted by atomic mass is 9.96. The van der Waals surface area contributed by atoms with Gasteiger partial charge in [0, 0.05) is 31.1 Å². The van der Waals surface area contributed by atoms with Gasteiger partial charge in [0.2, 0.25) is 0 Å². The number of aromatic nitrogens is 5. The molecule has 8 nitrogen and oxygen atoms in total. The Kier molecular flexibility index (Phi) is 5.10. The van der Waals surface area contributed by atoms with Crippen molar-refractivity contribution in [1.29, 1.82) is 0 Å². The molecule has 3 heterocycles. The number of rotatable bonds is 5.